The Labute approximate surface area is 245 Å². The summed E-state index contributed by atoms with van der Waals surface area (Å²) in [5.74, 6) is -1.75. The predicted octanol–water partition coefficient (Wildman–Crippen LogP) is 5.50. The molecule has 0 fully saturated rings. The van der Waals surface area contributed by atoms with Crippen LogP contribution in [0.2, 0.25) is 0 Å². The lowest BCUT2D eigenvalue weighted by atomic mass is 10.1. The highest BCUT2D eigenvalue weighted by atomic mass is 79.9. The molecule has 2 N–H and O–H groups in total. The molecule has 2 amide bonds. The second kappa shape index (κ2) is 13.1. The third-order valence-corrected chi connectivity index (χ3v) is 6.07. The molecule has 4 aromatic carbocycles. The summed E-state index contributed by atoms with van der Waals surface area (Å²) in [7, 11) is 0. The van der Waals surface area contributed by atoms with Gasteiger partial charge in [0, 0.05) is 51.1 Å². The van der Waals surface area contributed by atoms with E-state index < -0.39 is 27.6 Å². The molecule has 42 heavy (non-hydrogen) atoms. The molecule has 0 heterocycles. The van der Waals surface area contributed by atoms with Gasteiger partial charge in [-0.15, -0.1) is 0 Å². The maximum absolute atomic E-state index is 12.7. The lowest BCUT2D eigenvalue weighted by Gasteiger charge is -2.08. The Morgan fingerprint density at radius 3 is 2.00 bits per heavy atom. The van der Waals surface area contributed by atoms with E-state index in [-0.39, 0.29) is 33.8 Å². The molecule has 0 bridgehead atoms. The Balaban J connectivity index is 1.41. The summed E-state index contributed by atoms with van der Waals surface area (Å²) >= 11 is 3.32. The zero-order valence-corrected chi connectivity index (χ0v) is 22.8. The van der Waals surface area contributed by atoms with Gasteiger partial charge in [0.2, 0.25) is 0 Å². The van der Waals surface area contributed by atoms with Gasteiger partial charge in [-0.1, -0.05) is 22.0 Å². The molecule has 210 valence electrons. The van der Waals surface area contributed by atoms with Crippen LogP contribution in [0.25, 0.3) is 0 Å². The summed E-state index contributed by atoms with van der Waals surface area (Å²) in [4.78, 5) is 58.2. The van der Waals surface area contributed by atoms with E-state index in [4.69, 9.17) is 4.74 Å². The van der Waals surface area contributed by atoms with Gasteiger partial charge in [-0.2, -0.15) is 5.10 Å². The van der Waals surface area contributed by atoms with Gasteiger partial charge >= 0.3 is 5.97 Å². The lowest BCUT2D eigenvalue weighted by Crippen LogP contribution is -2.18. The number of amides is 2. The average molecular weight is 632 g/mol. The summed E-state index contributed by atoms with van der Waals surface area (Å²) in [5, 5.41) is 28.2. The third-order valence-electron chi connectivity index (χ3n) is 5.58. The van der Waals surface area contributed by atoms with Crippen molar-refractivity contribution in [2.45, 2.75) is 0 Å². The monoisotopic (exact) mass is 631 g/mol. The zero-order chi connectivity index (χ0) is 30.2. The molecule has 0 aliphatic rings. The third kappa shape index (κ3) is 7.45. The molecule has 0 saturated carbocycles. The number of ether oxygens (including phenoxy) is 1. The van der Waals surface area contributed by atoms with Gasteiger partial charge in [-0.3, -0.25) is 29.8 Å². The first-order valence-electron chi connectivity index (χ1n) is 11.9. The summed E-state index contributed by atoms with van der Waals surface area (Å²) < 4.78 is 6.07. The van der Waals surface area contributed by atoms with Gasteiger partial charge in [0.15, 0.2) is 0 Å². The largest absolute Gasteiger partial charge is 0.422 e. The van der Waals surface area contributed by atoms with E-state index in [1.165, 1.54) is 72.9 Å². The van der Waals surface area contributed by atoms with Crippen LogP contribution in [0.3, 0.4) is 0 Å². The first-order chi connectivity index (χ1) is 20.1. The summed E-state index contributed by atoms with van der Waals surface area (Å²) in [6.07, 6.45) is 1.27. The van der Waals surface area contributed by atoms with E-state index in [0.29, 0.717) is 15.7 Å². The number of hydrazone groups is 1. The first kappa shape index (κ1) is 29.2. The molecule has 4 rings (SSSR count). The van der Waals surface area contributed by atoms with Gasteiger partial charge in [-0.05, 0) is 60.7 Å². The molecule has 0 spiro atoms. The molecule has 0 aliphatic carbocycles. The highest BCUT2D eigenvalue weighted by Crippen LogP contribution is 2.23. The molecule has 0 aromatic heterocycles. The van der Waals surface area contributed by atoms with Crippen molar-refractivity contribution in [1.82, 2.24) is 5.43 Å². The predicted molar refractivity (Wildman–Crippen MR) is 155 cm³/mol. The number of anilines is 1. The quantitative estimate of drug-likeness (QED) is 0.0797. The molecule has 13 nitrogen and oxygen atoms in total. The second-order valence-corrected chi connectivity index (χ2v) is 9.33. The van der Waals surface area contributed by atoms with Crippen molar-refractivity contribution in [2.75, 3.05) is 5.32 Å². The molecule has 14 heteroatoms. The van der Waals surface area contributed by atoms with Crippen molar-refractivity contribution in [1.29, 1.82) is 0 Å². The van der Waals surface area contributed by atoms with Crippen LogP contribution in [0.15, 0.2) is 101 Å². The highest BCUT2D eigenvalue weighted by molar-refractivity contribution is 9.10. The van der Waals surface area contributed by atoms with Crippen molar-refractivity contribution in [2.24, 2.45) is 5.10 Å². The minimum atomic E-state index is -0.751. The minimum absolute atomic E-state index is 0.0975. The average Bonchev–Trinajstić information content (AvgIpc) is 2.98. The number of nitro groups is 2. The number of nitro benzene ring substituents is 2. The minimum Gasteiger partial charge on any atom is -0.422 e. The maximum Gasteiger partial charge on any atom is 0.343 e. The number of carbonyl (C=O) groups is 3. The molecule has 4 aromatic rings. The van der Waals surface area contributed by atoms with Crippen molar-refractivity contribution in [3.05, 3.63) is 138 Å². The number of non-ortho nitro benzene ring substituents is 2. The van der Waals surface area contributed by atoms with Gasteiger partial charge < -0.3 is 10.1 Å². The molecule has 0 saturated heterocycles. The van der Waals surface area contributed by atoms with E-state index in [2.05, 4.69) is 31.8 Å². The van der Waals surface area contributed by atoms with Gasteiger partial charge in [0.25, 0.3) is 23.2 Å². The van der Waals surface area contributed by atoms with E-state index >= 15 is 0 Å². The molecule has 0 unspecified atom stereocenters. The van der Waals surface area contributed by atoms with Crippen molar-refractivity contribution in [3.8, 4) is 5.75 Å². The van der Waals surface area contributed by atoms with Gasteiger partial charge in [0.05, 0.1) is 21.6 Å². The normalized spacial score (nSPS) is 10.6. The molecule has 0 aliphatic heterocycles. The van der Waals surface area contributed by atoms with Gasteiger partial charge in [0.1, 0.15) is 5.75 Å². The summed E-state index contributed by atoms with van der Waals surface area (Å²) in [6, 6.07) is 20.8. The number of esters is 1. The topological polar surface area (TPSA) is 183 Å². The molecule has 0 radical (unpaired) electrons. The van der Waals surface area contributed by atoms with Crippen LogP contribution in [0.1, 0.15) is 36.6 Å². The van der Waals surface area contributed by atoms with E-state index in [9.17, 15) is 34.6 Å². The molecular weight excluding hydrogens is 614 g/mol. The van der Waals surface area contributed by atoms with E-state index in [0.717, 1.165) is 0 Å². The van der Waals surface area contributed by atoms with Gasteiger partial charge in [-0.25, -0.2) is 10.2 Å². The Morgan fingerprint density at radius 2 is 1.38 bits per heavy atom. The van der Waals surface area contributed by atoms with Crippen LogP contribution in [0.5, 0.6) is 5.75 Å². The highest BCUT2D eigenvalue weighted by Gasteiger charge is 2.15. The van der Waals surface area contributed by atoms with Crippen LogP contribution in [-0.2, 0) is 0 Å². The zero-order valence-electron chi connectivity index (χ0n) is 21.2. The smallest absolute Gasteiger partial charge is 0.343 e. The standard InChI is InChI=1S/C28H18BrN5O8/c29-21-8-13-25(42-28(37)18-6-11-24(12-7-18)34(40)41)20(14-21)16-30-32-27(36)19-2-1-3-22(15-19)31-26(35)17-4-9-23(10-5-17)33(38)39/h1-16H,(H,31,35)(H,32,36). The summed E-state index contributed by atoms with van der Waals surface area (Å²) in [5.41, 5.74) is 3.15. The number of halogens is 1. The number of nitrogens with zero attached hydrogens (tertiary/aromatic N) is 3. The van der Waals surface area contributed by atoms with Crippen LogP contribution in [-0.4, -0.2) is 33.8 Å². The Kier molecular flexibility index (Phi) is 9.09. The van der Waals surface area contributed by atoms with Crippen molar-refractivity contribution < 1.29 is 29.0 Å². The van der Waals surface area contributed by atoms with Crippen molar-refractivity contribution in [3.63, 3.8) is 0 Å². The SMILES string of the molecule is O=C(NN=Cc1cc(Br)ccc1OC(=O)c1ccc([N+](=O)[O-])cc1)c1cccc(NC(=O)c2ccc([N+](=O)[O-])cc2)c1. The fourth-order valence-corrected chi connectivity index (χ4v) is 3.87. The number of benzene rings is 4. The van der Waals surface area contributed by atoms with Crippen molar-refractivity contribution >= 4 is 57.0 Å². The summed E-state index contributed by atoms with van der Waals surface area (Å²) in [6.45, 7) is 0. The fourth-order valence-electron chi connectivity index (χ4n) is 3.49. The molecule has 0 atom stereocenters. The second-order valence-electron chi connectivity index (χ2n) is 8.41. The number of nitrogens with one attached hydrogen (secondary N) is 2. The number of hydrogen-bond donors (Lipinski definition) is 2. The van der Waals surface area contributed by atoms with Crippen LogP contribution >= 0.6 is 15.9 Å². The van der Waals surface area contributed by atoms with Crippen LogP contribution in [0, 0.1) is 20.2 Å². The Bertz CT molecular complexity index is 1720. The van der Waals surface area contributed by atoms with E-state index in [1.54, 1.807) is 24.3 Å². The number of hydrogen-bond acceptors (Lipinski definition) is 9. The first-order valence-corrected chi connectivity index (χ1v) is 12.7. The maximum atomic E-state index is 12.7. The van der Waals surface area contributed by atoms with E-state index in [1.807, 2.05) is 0 Å². The number of rotatable bonds is 9. The number of carbonyl (C=O) groups excluding carboxylic acids is 3. The lowest BCUT2D eigenvalue weighted by molar-refractivity contribution is -0.385. The van der Waals surface area contributed by atoms with Crippen LogP contribution in [0.4, 0.5) is 17.1 Å². The Morgan fingerprint density at radius 1 is 0.762 bits per heavy atom. The fraction of sp³-hybridized carbons (Fsp3) is 0. The van der Waals surface area contributed by atoms with Crippen LogP contribution < -0.4 is 15.5 Å². The Hall–Kier alpha value is -5.76. The molecular formula is C28H18BrN5O8.